The zero-order chi connectivity index (χ0) is 18.2. The molecule has 0 unspecified atom stereocenters. The predicted octanol–water partition coefficient (Wildman–Crippen LogP) is 4.54. The Bertz CT molecular complexity index is 851. The maximum Gasteiger partial charge on any atom is 0.255 e. The van der Waals surface area contributed by atoms with Gasteiger partial charge in [-0.15, -0.1) is 0 Å². The van der Waals surface area contributed by atoms with Crippen LogP contribution in [0, 0.1) is 5.82 Å². The Kier molecular flexibility index (Phi) is 5.83. The zero-order valence-electron chi connectivity index (χ0n) is 14.0. The number of amides is 1. The van der Waals surface area contributed by atoms with Crippen molar-refractivity contribution >= 4 is 11.6 Å². The fourth-order valence-electron chi connectivity index (χ4n) is 2.30. The fourth-order valence-corrected chi connectivity index (χ4v) is 2.30. The van der Waals surface area contributed by atoms with E-state index in [0.29, 0.717) is 30.2 Å². The molecule has 5 heteroatoms. The summed E-state index contributed by atoms with van der Waals surface area (Å²) in [6, 6.07) is 21.9. The lowest BCUT2D eigenvalue weighted by atomic mass is 10.2. The summed E-state index contributed by atoms with van der Waals surface area (Å²) in [5.74, 6) is 0.721. The van der Waals surface area contributed by atoms with Crippen molar-refractivity contribution in [2.75, 3.05) is 18.5 Å². The molecule has 0 bridgehead atoms. The molecule has 3 aromatic carbocycles. The van der Waals surface area contributed by atoms with Crippen LogP contribution in [0.25, 0.3) is 0 Å². The zero-order valence-corrected chi connectivity index (χ0v) is 14.0. The summed E-state index contributed by atoms with van der Waals surface area (Å²) in [7, 11) is 0. The van der Waals surface area contributed by atoms with Gasteiger partial charge in [0.1, 0.15) is 30.5 Å². The number of nitrogens with one attached hydrogen (secondary N) is 1. The van der Waals surface area contributed by atoms with Crippen LogP contribution >= 0.6 is 0 Å². The van der Waals surface area contributed by atoms with Crippen LogP contribution in [0.4, 0.5) is 10.1 Å². The molecule has 4 nitrogen and oxygen atoms in total. The molecule has 26 heavy (non-hydrogen) atoms. The van der Waals surface area contributed by atoms with E-state index < -0.39 is 0 Å². The number of carbonyl (C=O) groups excluding carboxylic acids is 1. The summed E-state index contributed by atoms with van der Waals surface area (Å²) >= 11 is 0. The van der Waals surface area contributed by atoms with Crippen molar-refractivity contribution in [1.82, 2.24) is 0 Å². The second-order valence-corrected chi connectivity index (χ2v) is 5.50. The van der Waals surface area contributed by atoms with Gasteiger partial charge in [0, 0.05) is 17.3 Å². The first-order chi connectivity index (χ1) is 12.7. The molecule has 132 valence electrons. The first-order valence-electron chi connectivity index (χ1n) is 8.18. The summed E-state index contributed by atoms with van der Waals surface area (Å²) in [5, 5.41) is 2.76. The quantitative estimate of drug-likeness (QED) is 0.636. The molecule has 3 rings (SSSR count). The molecule has 0 saturated heterocycles. The minimum absolute atomic E-state index is 0.311. The van der Waals surface area contributed by atoms with Crippen molar-refractivity contribution in [3.8, 4) is 11.5 Å². The van der Waals surface area contributed by atoms with E-state index in [0.717, 1.165) is 5.75 Å². The van der Waals surface area contributed by atoms with Crippen molar-refractivity contribution in [1.29, 1.82) is 0 Å². The standard InChI is InChI=1S/C21H18FNO3/c22-17-11-9-16(10-12-17)21(24)23-18-5-4-8-20(15-18)26-14-13-25-19-6-2-1-3-7-19/h1-12,15H,13-14H2,(H,23,24). The third kappa shape index (κ3) is 5.08. The SMILES string of the molecule is O=C(Nc1cccc(OCCOc2ccccc2)c1)c1ccc(F)cc1. The van der Waals surface area contributed by atoms with E-state index in [-0.39, 0.29) is 11.7 Å². The normalized spacial score (nSPS) is 10.2. The molecule has 1 N–H and O–H groups in total. The second-order valence-electron chi connectivity index (χ2n) is 5.50. The number of para-hydroxylation sites is 1. The van der Waals surface area contributed by atoms with Crippen molar-refractivity contribution in [2.45, 2.75) is 0 Å². The van der Waals surface area contributed by atoms with E-state index in [2.05, 4.69) is 5.32 Å². The third-order valence-electron chi connectivity index (χ3n) is 3.56. The van der Waals surface area contributed by atoms with Crippen LogP contribution in [-0.4, -0.2) is 19.1 Å². The topological polar surface area (TPSA) is 47.6 Å². The first kappa shape index (κ1) is 17.5. The molecule has 0 fully saturated rings. The maximum atomic E-state index is 12.9. The molecule has 0 saturated carbocycles. The summed E-state index contributed by atoms with van der Waals surface area (Å²) in [4.78, 5) is 12.2. The van der Waals surface area contributed by atoms with Gasteiger partial charge in [-0.25, -0.2) is 4.39 Å². The highest BCUT2D eigenvalue weighted by atomic mass is 19.1. The van der Waals surface area contributed by atoms with Gasteiger partial charge in [-0.05, 0) is 48.5 Å². The monoisotopic (exact) mass is 351 g/mol. The highest BCUT2D eigenvalue weighted by molar-refractivity contribution is 6.04. The van der Waals surface area contributed by atoms with Gasteiger partial charge in [0.25, 0.3) is 5.91 Å². The lowest BCUT2D eigenvalue weighted by molar-refractivity contribution is 0.102. The Hall–Kier alpha value is -3.34. The number of rotatable bonds is 7. The number of hydrogen-bond donors (Lipinski definition) is 1. The molecule has 0 aliphatic rings. The van der Waals surface area contributed by atoms with Crippen molar-refractivity contribution in [2.24, 2.45) is 0 Å². The molecule has 0 heterocycles. The molecule has 3 aromatic rings. The molecule has 0 aliphatic heterocycles. The van der Waals surface area contributed by atoms with Gasteiger partial charge in [0.05, 0.1) is 0 Å². The molecule has 0 aromatic heterocycles. The summed E-state index contributed by atoms with van der Waals surface area (Å²) in [5.41, 5.74) is 0.981. The number of carbonyl (C=O) groups is 1. The number of benzene rings is 3. The molecular weight excluding hydrogens is 333 g/mol. The van der Waals surface area contributed by atoms with Gasteiger partial charge >= 0.3 is 0 Å². The number of ether oxygens (including phenoxy) is 2. The van der Waals surface area contributed by atoms with Gasteiger partial charge in [-0.1, -0.05) is 24.3 Å². The van der Waals surface area contributed by atoms with Gasteiger partial charge in [-0.3, -0.25) is 4.79 Å². The Labute approximate surface area is 151 Å². The smallest absolute Gasteiger partial charge is 0.255 e. The Morgan fingerprint density at radius 2 is 1.46 bits per heavy atom. The summed E-state index contributed by atoms with van der Waals surface area (Å²) in [6.07, 6.45) is 0. The van der Waals surface area contributed by atoms with Crippen LogP contribution in [0.5, 0.6) is 11.5 Å². The first-order valence-corrected chi connectivity index (χ1v) is 8.18. The minimum Gasteiger partial charge on any atom is -0.490 e. The molecule has 0 radical (unpaired) electrons. The van der Waals surface area contributed by atoms with E-state index in [1.54, 1.807) is 24.3 Å². The van der Waals surface area contributed by atoms with E-state index in [1.165, 1.54) is 24.3 Å². The van der Waals surface area contributed by atoms with E-state index in [9.17, 15) is 9.18 Å². The summed E-state index contributed by atoms with van der Waals surface area (Å²) < 4.78 is 24.1. The lowest BCUT2D eigenvalue weighted by Gasteiger charge is -2.10. The number of hydrogen-bond acceptors (Lipinski definition) is 3. The van der Waals surface area contributed by atoms with Crippen LogP contribution in [0.2, 0.25) is 0 Å². The average Bonchev–Trinajstić information content (AvgIpc) is 2.67. The Balaban J connectivity index is 1.51. The molecule has 0 spiro atoms. The Morgan fingerprint density at radius 1 is 0.808 bits per heavy atom. The van der Waals surface area contributed by atoms with Gasteiger partial charge < -0.3 is 14.8 Å². The van der Waals surface area contributed by atoms with Crippen LogP contribution in [0.15, 0.2) is 78.9 Å². The molecule has 0 atom stereocenters. The molecule has 1 amide bonds. The number of anilines is 1. The van der Waals surface area contributed by atoms with Gasteiger partial charge in [-0.2, -0.15) is 0 Å². The molecular formula is C21H18FNO3. The van der Waals surface area contributed by atoms with Gasteiger partial charge in [0.2, 0.25) is 0 Å². The Morgan fingerprint density at radius 3 is 2.19 bits per heavy atom. The van der Waals surface area contributed by atoms with Crippen LogP contribution in [0.3, 0.4) is 0 Å². The second kappa shape index (κ2) is 8.67. The van der Waals surface area contributed by atoms with E-state index in [1.807, 2.05) is 30.3 Å². The predicted molar refractivity (Wildman–Crippen MR) is 98.2 cm³/mol. The largest absolute Gasteiger partial charge is 0.490 e. The maximum absolute atomic E-state index is 12.9. The number of halogens is 1. The van der Waals surface area contributed by atoms with Crippen molar-refractivity contribution in [3.63, 3.8) is 0 Å². The summed E-state index contributed by atoms with van der Waals surface area (Å²) in [6.45, 7) is 0.792. The average molecular weight is 351 g/mol. The van der Waals surface area contributed by atoms with Crippen LogP contribution < -0.4 is 14.8 Å². The van der Waals surface area contributed by atoms with Gasteiger partial charge in [0.15, 0.2) is 0 Å². The highest BCUT2D eigenvalue weighted by Gasteiger charge is 2.07. The van der Waals surface area contributed by atoms with Crippen LogP contribution in [-0.2, 0) is 0 Å². The molecule has 0 aliphatic carbocycles. The fraction of sp³-hybridized carbons (Fsp3) is 0.0952. The van der Waals surface area contributed by atoms with Crippen molar-refractivity contribution in [3.05, 3.63) is 90.2 Å². The third-order valence-corrected chi connectivity index (χ3v) is 3.56. The highest BCUT2D eigenvalue weighted by Crippen LogP contribution is 2.18. The lowest BCUT2D eigenvalue weighted by Crippen LogP contribution is -2.12. The van der Waals surface area contributed by atoms with Crippen molar-refractivity contribution < 1.29 is 18.7 Å². The van der Waals surface area contributed by atoms with E-state index >= 15 is 0 Å². The van der Waals surface area contributed by atoms with Crippen LogP contribution in [0.1, 0.15) is 10.4 Å². The minimum atomic E-state index is -0.380. The van der Waals surface area contributed by atoms with E-state index in [4.69, 9.17) is 9.47 Å².